The standard InChI is InChI=1S/C18H20N4O/c1-3-19-17(13-6-4-5-12(2)9-13)18(23)21-15-7-8-16-14(10-15)11-20-22-16/h4-11,17,19H,3H2,1-2H3,(H,20,22)(H,21,23). The van der Waals surface area contributed by atoms with Gasteiger partial charge < -0.3 is 10.6 Å². The quantitative estimate of drug-likeness (QED) is 0.678. The van der Waals surface area contributed by atoms with Gasteiger partial charge in [-0.25, -0.2) is 0 Å². The number of carbonyl (C=O) groups excluding carboxylic acids is 1. The maximum absolute atomic E-state index is 12.7. The maximum atomic E-state index is 12.7. The van der Waals surface area contributed by atoms with Crippen molar-refractivity contribution in [1.29, 1.82) is 0 Å². The van der Waals surface area contributed by atoms with Crippen LogP contribution in [0.5, 0.6) is 0 Å². The highest BCUT2D eigenvalue weighted by atomic mass is 16.2. The summed E-state index contributed by atoms with van der Waals surface area (Å²) in [5.41, 5.74) is 3.82. The van der Waals surface area contributed by atoms with Gasteiger partial charge in [-0.05, 0) is 37.2 Å². The fourth-order valence-corrected chi connectivity index (χ4v) is 2.65. The van der Waals surface area contributed by atoms with Crippen LogP contribution < -0.4 is 10.6 Å². The van der Waals surface area contributed by atoms with Crippen molar-refractivity contribution < 1.29 is 4.79 Å². The van der Waals surface area contributed by atoms with E-state index in [0.717, 1.165) is 27.7 Å². The van der Waals surface area contributed by atoms with Gasteiger partial charge in [0.1, 0.15) is 6.04 Å². The molecule has 0 saturated heterocycles. The number of amides is 1. The Bertz CT molecular complexity index is 825. The van der Waals surface area contributed by atoms with Gasteiger partial charge in [-0.15, -0.1) is 0 Å². The molecule has 0 aliphatic carbocycles. The molecule has 2 aromatic carbocycles. The first kappa shape index (κ1) is 15.2. The van der Waals surface area contributed by atoms with Gasteiger partial charge in [-0.3, -0.25) is 9.89 Å². The topological polar surface area (TPSA) is 69.8 Å². The maximum Gasteiger partial charge on any atom is 0.246 e. The SMILES string of the molecule is CCNC(C(=O)Nc1ccc2[nH]ncc2c1)c1cccc(C)c1. The lowest BCUT2D eigenvalue weighted by atomic mass is 10.0. The Kier molecular flexibility index (Phi) is 4.39. The van der Waals surface area contributed by atoms with Crippen LogP contribution >= 0.6 is 0 Å². The average Bonchev–Trinajstić information content (AvgIpc) is 3.00. The molecule has 0 fully saturated rings. The molecule has 5 nitrogen and oxygen atoms in total. The number of nitrogens with one attached hydrogen (secondary N) is 3. The molecule has 3 N–H and O–H groups in total. The summed E-state index contributed by atoms with van der Waals surface area (Å²) in [6, 6.07) is 13.3. The van der Waals surface area contributed by atoms with Crippen LogP contribution in [0.15, 0.2) is 48.7 Å². The lowest BCUT2D eigenvalue weighted by molar-refractivity contribution is -0.118. The first-order valence-corrected chi connectivity index (χ1v) is 7.71. The highest BCUT2D eigenvalue weighted by Crippen LogP contribution is 2.20. The van der Waals surface area contributed by atoms with Crippen LogP contribution in [-0.2, 0) is 4.79 Å². The van der Waals surface area contributed by atoms with Crippen LogP contribution in [0.3, 0.4) is 0 Å². The third kappa shape index (κ3) is 3.40. The Labute approximate surface area is 135 Å². The lowest BCUT2D eigenvalue weighted by Gasteiger charge is -2.18. The zero-order chi connectivity index (χ0) is 16.2. The third-order valence-electron chi connectivity index (χ3n) is 3.75. The molecule has 1 unspecified atom stereocenters. The van der Waals surface area contributed by atoms with Gasteiger partial charge >= 0.3 is 0 Å². The van der Waals surface area contributed by atoms with Crippen molar-refractivity contribution in [2.75, 3.05) is 11.9 Å². The molecule has 0 saturated carbocycles. The van der Waals surface area contributed by atoms with Gasteiger partial charge in [0.15, 0.2) is 0 Å². The largest absolute Gasteiger partial charge is 0.324 e. The van der Waals surface area contributed by atoms with Gasteiger partial charge in [-0.2, -0.15) is 5.10 Å². The van der Waals surface area contributed by atoms with Crippen LogP contribution in [-0.4, -0.2) is 22.6 Å². The highest BCUT2D eigenvalue weighted by molar-refractivity contribution is 5.97. The predicted molar refractivity (Wildman–Crippen MR) is 92.3 cm³/mol. The van der Waals surface area contributed by atoms with E-state index in [4.69, 9.17) is 0 Å². The predicted octanol–water partition coefficient (Wildman–Crippen LogP) is 3.16. The molecule has 23 heavy (non-hydrogen) atoms. The van der Waals surface area contributed by atoms with E-state index in [1.54, 1.807) is 6.20 Å². The van der Waals surface area contributed by atoms with Crippen LogP contribution in [0, 0.1) is 6.92 Å². The number of fused-ring (bicyclic) bond motifs is 1. The first-order valence-electron chi connectivity index (χ1n) is 7.71. The molecule has 3 rings (SSSR count). The number of H-pyrrole nitrogens is 1. The van der Waals surface area contributed by atoms with Crippen molar-refractivity contribution in [1.82, 2.24) is 15.5 Å². The zero-order valence-electron chi connectivity index (χ0n) is 13.3. The van der Waals surface area contributed by atoms with Crippen LogP contribution in [0.4, 0.5) is 5.69 Å². The van der Waals surface area contributed by atoms with Crippen LogP contribution in [0.1, 0.15) is 24.1 Å². The molecule has 3 aromatic rings. The summed E-state index contributed by atoms with van der Waals surface area (Å²) >= 11 is 0. The summed E-state index contributed by atoms with van der Waals surface area (Å²) in [6.07, 6.45) is 1.74. The summed E-state index contributed by atoms with van der Waals surface area (Å²) in [4.78, 5) is 12.7. The summed E-state index contributed by atoms with van der Waals surface area (Å²) in [5, 5.41) is 14.1. The second-order valence-electron chi connectivity index (χ2n) is 5.57. The zero-order valence-corrected chi connectivity index (χ0v) is 13.3. The van der Waals surface area contributed by atoms with Crippen LogP contribution in [0.2, 0.25) is 0 Å². The number of aromatic nitrogens is 2. The number of hydrogen-bond acceptors (Lipinski definition) is 3. The minimum atomic E-state index is -0.375. The smallest absolute Gasteiger partial charge is 0.246 e. The molecule has 1 atom stereocenters. The Morgan fingerprint density at radius 2 is 2.13 bits per heavy atom. The molecule has 5 heteroatoms. The van der Waals surface area contributed by atoms with Crippen molar-refractivity contribution in [3.05, 3.63) is 59.8 Å². The van der Waals surface area contributed by atoms with E-state index < -0.39 is 0 Å². The van der Waals surface area contributed by atoms with Crippen molar-refractivity contribution in [2.24, 2.45) is 0 Å². The monoisotopic (exact) mass is 308 g/mol. The van der Waals surface area contributed by atoms with Gasteiger partial charge in [-0.1, -0.05) is 36.8 Å². The van der Waals surface area contributed by atoms with Crippen molar-refractivity contribution in [3.63, 3.8) is 0 Å². The molecule has 1 amide bonds. The molecule has 0 aliphatic rings. The number of hydrogen-bond donors (Lipinski definition) is 3. The molecular weight excluding hydrogens is 288 g/mol. The minimum Gasteiger partial charge on any atom is -0.324 e. The Balaban J connectivity index is 1.83. The van der Waals surface area contributed by atoms with E-state index in [1.165, 1.54) is 0 Å². The van der Waals surface area contributed by atoms with Gasteiger partial charge in [0, 0.05) is 11.1 Å². The number of benzene rings is 2. The molecular formula is C18H20N4O. The molecule has 118 valence electrons. The van der Waals surface area contributed by atoms with Gasteiger partial charge in [0.25, 0.3) is 0 Å². The third-order valence-corrected chi connectivity index (χ3v) is 3.75. The van der Waals surface area contributed by atoms with E-state index >= 15 is 0 Å². The van der Waals surface area contributed by atoms with Gasteiger partial charge in [0.05, 0.1) is 11.7 Å². The molecule has 0 spiro atoms. The van der Waals surface area contributed by atoms with Crippen molar-refractivity contribution in [3.8, 4) is 0 Å². The van der Waals surface area contributed by atoms with E-state index in [9.17, 15) is 4.79 Å². The average molecular weight is 308 g/mol. The normalized spacial score (nSPS) is 12.3. The lowest BCUT2D eigenvalue weighted by Crippen LogP contribution is -2.33. The fourth-order valence-electron chi connectivity index (χ4n) is 2.65. The Morgan fingerprint density at radius 3 is 2.91 bits per heavy atom. The Morgan fingerprint density at radius 1 is 1.26 bits per heavy atom. The van der Waals surface area contributed by atoms with Crippen molar-refractivity contribution >= 4 is 22.5 Å². The van der Waals surface area contributed by atoms with E-state index in [2.05, 4.69) is 20.8 Å². The van der Waals surface area contributed by atoms with E-state index in [-0.39, 0.29) is 11.9 Å². The summed E-state index contributed by atoms with van der Waals surface area (Å²) in [6.45, 7) is 4.73. The second-order valence-corrected chi connectivity index (χ2v) is 5.57. The summed E-state index contributed by atoms with van der Waals surface area (Å²) in [7, 11) is 0. The van der Waals surface area contributed by atoms with Crippen molar-refractivity contribution in [2.45, 2.75) is 19.9 Å². The number of nitrogens with zero attached hydrogens (tertiary/aromatic N) is 1. The van der Waals surface area contributed by atoms with Crippen LogP contribution in [0.25, 0.3) is 10.9 Å². The number of aryl methyl sites for hydroxylation is 1. The molecule has 1 heterocycles. The number of rotatable bonds is 5. The summed E-state index contributed by atoms with van der Waals surface area (Å²) in [5.74, 6) is -0.0692. The molecule has 1 aromatic heterocycles. The van der Waals surface area contributed by atoms with E-state index in [0.29, 0.717) is 6.54 Å². The molecule has 0 radical (unpaired) electrons. The molecule has 0 aliphatic heterocycles. The van der Waals surface area contributed by atoms with E-state index in [1.807, 2.05) is 56.3 Å². The number of anilines is 1. The molecule has 0 bridgehead atoms. The number of carbonyl (C=O) groups is 1. The number of aromatic amines is 1. The Hall–Kier alpha value is -2.66. The van der Waals surface area contributed by atoms with Gasteiger partial charge in [0.2, 0.25) is 5.91 Å². The number of likely N-dealkylation sites (N-methyl/N-ethyl adjacent to an activating group) is 1. The minimum absolute atomic E-state index is 0.0692. The first-order chi connectivity index (χ1) is 11.2. The second kappa shape index (κ2) is 6.62. The highest BCUT2D eigenvalue weighted by Gasteiger charge is 2.19. The summed E-state index contributed by atoms with van der Waals surface area (Å²) < 4.78 is 0. The fraction of sp³-hybridized carbons (Fsp3) is 0.222.